The van der Waals surface area contributed by atoms with Gasteiger partial charge in [0.2, 0.25) is 10.0 Å². The van der Waals surface area contributed by atoms with Crippen LogP contribution in [0.15, 0.2) is 82.6 Å². The second-order valence-electron chi connectivity index (χ2n) is 7.32. The quantitative estimate of drug-likeness (QED) is 0.547. The molecular formula is C24H24N2O5S. The minimum Gasteiger partial charge on any atom is -0.486 e. The van der Waals surface area contributed by atoms with Crippen molar-refractivity contribution in [3.05, 3.63) is 95.3 Å². The summed E-state index contributed by atoms with van der Waals surface area (Å²) in [5.74, 6) is 1.23. The van der Waals surface area contributed by atoms with Crippen molar-refractivity contribution in [2.75, 3.05) is 26.2 Å². The van der Waals surface area contributed by atoms with Gasteiger partial charge < -0.3 is 14.1 Å². The summed E-state index contributed by atoms with van der Waals surface area (Å²) >= 11 is 0. The number of carbonyl (C=O) groups is 1. The van der Waals surface area contributed by atoms with E-state index in [1.165, 1.54) is 9.71 Å². The molecular weight excluding hydrogens is 428 g/mol. The summed E-state index contributed by atoms with van der Waals surface area (Å²) in [7, 11) is -3.55. The van der Waals surface area contributed by atoms with E-state index >= 15 is 0 Å². The van der Waals surface area contributed by atoms with E-state index in [0.717, 1.165) is 11.3 Å². The fourth-order valence-electron chi connectivity index (χ4n) is 3.36. The third-order valence-electron chi connectivity index (χ3n) is 5.11. The molecule has 0 bridgehead atoms. The molecule has 1 saturated heterocycles. The van der Waals surface area contributed by atoms with E-state index in [0.29, 0.717) is 18.8 Å². The lowest BCUT2D eigenvalue weighted by Gasteiger charge is -2.32. The summed E-state index contributed by atoms with van der Waals surface area (Å²) in [5.41, 5.74) is 0.815. The van der Waals surface area contributed by atoms with E-state index < -0.39 is 10.0 Å². The number of nitrogens with zero attached hydrogens (tertiary/aromatic N) is 2. The number of piperazine rings is 1. The molecule has 32 heavy (non-hydrogen) atoms. The molecule has 0 saturated carbocycles. The van der Waals surface area contributed by atoms with Gasteiger partial charge in [0, 0.05) is 31.6 Å². The van der Waals surface area contributed by atoms with Gasteiger partial charge in [-0.3, -0.25) is 4.79 Å². The maximum Gasteiger partial charge on any atom is 0.289 e. The summed E-state index contributed by atoms with van der Waals surface area (Å²) in [6.45, 7) is 1.29. The highest BCUT2D eigenvalue weighted by molar-refractivity contribution is 7.92. The minimum absolute atomic E-state index is 0.219. The molecule has 1 aliphatic rings. The molecule has 0 unspecified atom stereocenters. The highest BCUT2D eigenvalue weighted by Crippen LogP contribution is 2.17. The number of carbonyl (C=O) groups excluding carboxylic acids is 1. The van der Waals surface area contributed by atoms with Crippen molar-refractivity contribution in [2.24, 2.45) is 0 Å². The number of para-hydroxylation sites is 1. The molecule has 0 atom stereocenters. The topological polar surface area (TPSA) is 80.1 Å². The van der Waals surface area contributed by atoms with Gasteiger partial charge in [-0.1, -0.05) is 48.5 Å². The first-order valence-corrected chi connectivity index (χ1v) is 11.8. The lowest BCUT2D eigenvalue weighted by molar-refractivity contribution is 0.0662. The van der Waals surface area contributed by atoms with E-state index in [2.05, 4.69) is 0 Å². The molecule has 1 amide bonds. The largest absolute Gasteiger partial charge is 0.486 e. The molecule has 0 spiro atoms. The number of sulfonamides is 1. The second-order valence-corrected chi connectivity index (χ2v) is 9.14. The van der Waals surface area contributed by atoms with Gasteiger partial charge in [0.25, 0.3) is 5.91 Å². The molecule has 1 fully saturated rings. The molecule has 8 heteroatoms. The van der Waals surface area contributed by atoms with Crippen LogP contribution in [0.4, 0.5) is 0 Å². The van der Waals surface area contributed by atoms with E-state index in [9.17, 15) is 13.2 Å². The van der Waals surface area contributed by atoms with Gasteiger partial charge in [0.1, 0.15) is 18.1 Å². The number of benzene rings is 2. The van der Waals surface area contributed by atoms with Gasteiger partial charge in [-0.25, -0.2) is 8.42 Å². The van der Waals surface area contributed by atoms with Crippen molar-refractivity contribution < 1.29 is 22.4 Å². The van der Waals surface area contributed by atoms with Crippen molar-refractivity contribution in [1.82, 2.24) is 9.21 Å². The summed E-state index contributed by atoms with van der Waals surface area (Å²) in [6.07, 6.45) is 1.58. The fourth-order valence-corrected chi connectivity index (χ4v) is 4.53. The zero-order valence-electron chi connectivity index (χ0n) is 17.5. The molecule has 4 rings (SSSR count). The van der Waals surface area contributed by atoms with Crippen LogP contribution in [0, 0.1) is 0 Å². The Morgan fingerprint density at radius 1 is 0.906 bits per heavy atom. The third-order valence-corrected chi connectivity index (χ3v) is 6.68. The monoisotopic (exact) mass is 452 g/mol. The highest BCUT2D eigenvalue weighted by atomic mass is 32.2. The van der Waals surface area contributed by atoms with Crippen LogP contribution in [0.3, 0.4) is 0 Å². The standard InChI is InChI=1S/C24H24N2O5S/c27-24(23-12-11-22(31-23)19-30-21-9-5-2-6-10-21)25-14-16-26(17-15-25)32(28,29)18-13-20-7-3-1-4-8-20/h1-13,18H,14-17,19H2/b18-13-. The van der Waals surface area contributed by atoms with Crippen LogP contribution in [0.2, 0.25) is 0 Å². The first-order valence-electron chi connectivity index (χ1n) is 10.3. The van der Waals surface area contributed by atoms with Crippen molar-refractivity contribution in [3.63, 3.8) is 0 Å². The number of hydrogen-bond acceptors (Lipinski definition) is 5. The first kappa shape index (κ1) is 21.9. The van der Waals surface area contributed by atoms with Gasteiger partial charge in [-0.05, 0) is 35.9 Å². The summed E-state index contributed by atoms with van der Waals surface area (Å²) in [4.78, 5) is 14.4. The van der Waals surface area contributed by atoms with E-state index in [1.807, 2.05) is 60.7 Å². The first-order chi connectivity index (χ1) is 15.5. The average Bonchev–Trinajstić information content (AvgIpc) is 3.32. The van der Waals surface area contributed by atoms with E-state index in [1.54, 1.807) is 23.1 Å². The lowest BCUT2D eigenvalue weighted by atomic mass is 10.2. The second kappa shape index (κ2) is 9.84. The zero-order chi connectivity index (χ0) is 22.4. The zero-order valence-corrected chi connectivity index (χ0v) is 18.3. The Morgan fingerprint density at radius 3 is 2.25 bits per heavy atom. The van der Waals surface area contributed by atoms with Gasteiger partial charge in [-0.15, -0.1) is 0 Å². The molecule has 1 aromatic heterocycles. The minimum atomic E-state index is -3.55. The number of rotatable bonds is 7. The molecule has 2 aromatic carbocycles. The number of hydrogen-bond donors (Lipinski definition) is 0. The molecule has 0 radical (unpaired) electrons. The number of amides is 1. The normalized spacial score (nSPS) is 15.2. The predicted molar refractivity (Wildman–Crippen MR) is 121 cm³/mol. The molecule has 1 aliphatic heterocycles. The Morgan fingerprint density at radius 2 is 1.56 bits per heavy atom. The Kier molecular flexibility index (Phi) is 6.72. The smallest absolute Gasteiger partial charge is 0.289 e. The van der Waals surface area contributed by atoms with Crippen molar-refractivity contribution in [3.8, 4) is 5.75 Å². The number of ether oxygens (including phenoxy) is 1. The molecule has 3 aromatic rings. The third kappa shape index (κ3) is 5.46. The lowest BCUT2D eigenvalue weighted by Crippen LogP contribution is -2.50. The molecule has 166 valence electrons. The molecule has 0 N–H and O–H groups in total. The van der Waals surface area contributed by atoms with E-state index in [-0.39, 0.29) is 31.4 Å². The van der Waals surface area contributed by atoms with Crippen LogP contribution in [0.5, 0.6) is 5.75 Å². The molecule has 2 heterocycles. The van der Waals surface area contributed by atoms with Gasteiger partial charge in [-0.2, -0.15) is 4.31 Å². The van der Waals surface area contributed by atoms with Gasteiger partial charge in [0.15, 0.2) is 5.76 Å². The SMILES string of the molecule is O=C(c1ccc(COc2ccccc2)o1)N1CCN(S(=O)(=O)/C=C\c2ccccc2)CC1. The van der Waals surface area contributed by atoms with Crippen LogP contribution in [0.25, 0.3) is 6.08 Å². The Hall–Kier alpha value is -3.36. The fraction of sp³-hybridized carbons (Fsp3) is 0.208. The van der Waals surface area contributed by atoms with Crippen LogP contribution in [-0.4, -0.2) is 49.7 Å². The Balaban J connectivity index is 1.31. The van der Waals surface area contributed by atoms with Crippen LogP contribution in [0.1, 0.15) is 21.9 Å². The molecule has 0 aliphatic carbocycles. The summed E-state index contributed by atoms with van der Waals surface area (Å²) < 4.78 is 37.9. The number of furan rings is 1. The van der Waals surface area contributed by atoms with E-state index in [4.69, 9.17) is 9.15 Å². The predicted octanol–water partition coefficient (Wildman–Crippen LogP) is 3.62. The Bertz CT molecular complexity index is 1170. The summed E-state index contributed by atoms with van der Waals surface area (Å²) in [5, 5.41) is 1.21. The highest BCUT2D eigenvalue weighted by Gasteiger charge is 2.29. The van der Waals surface area contributed by atoms with Crippen LogP contribution >= 0.6 is 0 Å². The van der Waals surface area contributed by atoms with Crippen LogP contribution in [-0.2, 0) is 16.6 Å². The van der Waals surface area contributed by atoms with Crippen molar-refractivity contribution in [1.29, 1.82) is 0 Å². The van der Waals surface area contributed by atoms with Gasteiger partial charge in [0.05, 0.1) is 0 Å². The Labute approximate surface area is 187 Å². The summed E-state index contributed by atoms with van der Waals surface area (Å²) in [6, 6.07) is 21.9. The maximum absolute atomic E-state index is 12.8. The van der Waals surface area contributed by atoms with Crippen molar-refractivity contribution >= 4 is 22.0 Å². The molecule has 7 nitrogen and oxygen atoms in total. The average molecular weight is 453 g/mol. The maximum atomic E-state index is 12.8. The van der Waals surface area contributed by atoms with Crippen molar-refractivity contribution in [2.45, 2.75) is 6.61 Å². The van der Waals surface area contributed by atoms with Crippen LogP contribution < -0.4 is 4.74 Å². The van der Waals surface area contributed by atoms with Gasteiger partial charge >= 0.3 is 0 Å².